The van der Waals surface area contributed by atoms with Crippen LogP contribution in [0.4, 0.5) is 0 Å². The number of aryl methyl sites for hydroxylation is 1. The highest BCUT2D eigenvalue weighted by molar-refractivity contribution is 5.29. The summed E-state index contributed by atoms with van der Waals surface area (Å²) in [5.74, 6) is 2.47. The third-order valence-corrected chi connectivity index (χ3v) is 2.47. The molecule has 1 unspecified atom stereocenters. The molecule has 1 aromatic rings. The monoisotopic (exact) mass is 200 g/mol. The van der Waals surface area contributed by atoms with E-state index in [2.05, 4.69) is 31.6 Å². The van der Waals surface area contributed by atoms with E-state index in [9.17, 15) is 0 Å². The van der Waals surface area contributed by atoms with Crippen LogP contribution in [0.3, 0.4) is 0 Å². The second-order valence-electron chi connectivity index (χ2n) is 3.67. The van der Waals surface area contributed by atoms with Crippen LogP contribution in [-0.2, 0) is 10.3 Å². The summed E-state index contributed by atoms with van der Waals surface area (Å²) >= 11 is 0. The van der Waals surface area contributed by atoms with E-state index in [1.54, 1.807) is 6.08 Å². The molecule has 78 valence electrons. The zero-order valence-corrected chi connectivity index (χ0v) is 9.29. The topological polar surface area (TPSA) is 9.23 Å². The number of ether oxygens (including phenoxy) is 1. The molecule has 1 aromatic carbocycles. The van der Waals surface area contributed by atoms with Crippen LogP contribution in [0.2, 0.25) is 0 Å². The molecule has 0 saturated heterocycles. The van der Waals surface area contributed by atoms with E-state index >= 15 is 0 Å². The smallest absolute Gasteiger partial charge is 0.109 e. The molecule has 0 aromatic heterocycles. The van der Waals surface area contributed by atoms with Crippen molar-refractivity contribution in [2.45, 2.75) is 19.4 Å². The van der Waals surface area contributed by atoms with Crippen molar-refractivity contribution >= 4 is 0 Å². The van der Waals surface area contributed by atoms with E-state index in [-0.39, 0.29) is 6.61 Å². The van der Waals surface area contributed by atoms with E-state index in [4.69, 9.17) is 11.2 Å². The van der Waals surface area contributed by atoms with Crippen molar-refractivity contribution in [2.24, 2.45) is 0 Å². The van der Waals surface area contributed by atoms with Gasteiger partial charge in [0.25, 0.3) is 0 Å². The zero-order chi connectivity index (χ0) is 11.3. The summed E-state index contributed by atoms with van der Waals surface area (Å²) in [6.45, 7) is 8.09. The van der Waals surface area contributed by atoms with Gasteiger partial charge in [0.1, 0.15) is 12.2 Å². The van der Waals surface area contributed by atoms with Crippen molar-refractivity contribution in [3.8, 4) is 12.3 Å². The van der Waals surface area contributed by atoms with Crippen LogP contribution < -0.4 is 0 Å². The lowest BCUT2D eigenvalue weighted by atomic mass is 9.95. The first-order chi connectivity index (χ1) is 7.12. The number of hydrogen-bond acceptors (Lipinski definition) is 1. The Kier molecular flexibility index (Phi) is 3.71. The summed E-state index contributed by atoms with van der Waals surface area (Å²) in [5.41, 5.74) is 1.79. The van der Waals surface area contributed by atoms with Crippen molar-refractivity contribution in [3.63, 3.8) is 0 Å². The fraction of sp³-hybridized carbons (Fsp3) is 0.286. The lowest BCUT2D eigenvalue weighted by molar-refractivity contribution is 0.0240. The summed E-state index contributed by atoms with van der Waals surface area (Å²) in [5, 5.41) is 0. The molecule has 0 amide bonds. The predicted octanol–water partition coefficient (Wildman–Crippen LogP) is 3.05. The van der Waals surface area contributed by atoms with E-state index in [1.807, 2.05) is 19.1 Å². The van der Waals surface area contributed by atoms with Gasteiger partial charge in [-0.1, -0.05) is 48.4 Å². The average Bonchev–Trinajstić information content (AvgIpc) is 2.27. The lowest BCUT2D eigenvalue weighted by Crippen LogP contribution is -2.23. The third-order valence-electron chi connectivity index (χ3n) is 2.47. The highest BCUT2D eigenvalue weighted by atomic mass is 16.5. The van der Waals surface area contributed by atoms with Crippen molar-refractivity contribution in [1.82, 2.24) is 0 Å². The molecule has 0 bridgehead atoms. The Morgan fingerprint density at radius 3 is 2.53 bits per heavy atom. The first kappa shape index (κ1) is 11.6. The Morgan fingerprint density at radius 2 is 2.07 bits per heavy atom. The van der Waals surface area contributed by atoms with Crippen LogP contribution in [0.5, 0.6) is 0 Å². The van der Waals surface area contributed by atoms with E-state index < -0.39 is 5.60 Å². The van der Waals surface area contributed by atoms with Crippen molar-refractivity contribution in [2.75, 3.05) is 6.61 Å². The quantitative estimate of drug-likeness (QED) is 0.536. The zero-order valence-electron chi connectivity index (χ0n) is 9.29. The second kappa shape index (κ2) is 4.82. The van der Waals surface area contributed by atoms with Crippen LogP contribution in [0, 0.1) is 19.3 Å². The number of rotatable bonds is 4. The molecule has 0 N–H and O–H groups in total. The van der Waals surface area contributed by atoms with Gasteiger partial charge < -0.3 is 4.74 Å². The molecule has 1 nitrogen and oxygen atoms in total. The second-order valence-corrected chi connectivity index (χ2v) is 3.67. The molecule has 0 fully saturated rings. The SMILES string of the molecule is C#CCOC(C)(C=C)c1ccc(C)cc1. The molecule has 1 rings (SSSR count). The Morgan fingerprint density at radius 1 is 1.47 bits per heavy atom. The first-order valence-corrected chi connectivity index (χ1v) is 4.90. The van der Waals surface area contributed by atoms with Gasteiger partial charge in [-0.25, -0.2) is 0 Å². The maximum absolute atomic E-state index is 5.60. The van der Waals surface area contributed by atoms with Crippen molar-refractivity contribution in [3.05, 3.63) is 48.0 Å². The highest BCUT2D eigenvalue weighted by Crippen LogP contribution is 2.26. The van der Waals surface area contributed by atoms with Gasteiger partial charge in [-0.05, 0) is 19.4 Å². The summed E-state index contributed by atoms with van der Waals surface area (Å²) in [6, 6.07) is 8.17. The Labute approximate surface area is 91.8 Å². The van der Waals surface area contributed by atoms with Gasteiger partial charge in [0.05, 0.1) is 0 Å². The van der Waals surface area contributed by atoms with Gasteiger partial charge in [-0.15, -0.1) is 6.42 Å². The van der Waals surface area contributed by atoms with E-state index in [0.29, 0.717) is 0 Å². The Bertz CT molecular complexity index is 369. The fourth-order valence-electron chi connectivity index (χ4n) is 1.34. The van der Waals surface area contributed by atoms with E-state index in [0.717, 1.165) is 5.56 Å². The molecule has 0 spiro atoms. The van der Waals surface area contributed by atoms with E-state index in [1.165, 1.54) is 5.56 Å². The van der Waals surface area contributed by atoms with Gasteiger partial charge >= 0.3 is 0 Å². The highest BCUT2D eigenvalue weighted by Gasteiger charge is 2.22. The number of terminal acetylenes is 1. The first-order valence-electron chi connectivity index (χ1n) is 4.90. The van der Waals surface area contributed by atoms with Gasteiger partial charge in [-0.2, -0.15) is 0 Å². The molecule has 0 aliphatic heterocycles. The minimum Gasteiger partial charge on any atom is -0.354 e. The minimum atomic E-state index is -0.500. The minimum absolute atomic E-state index is 0.288. The molecular weight excluding hydrogens is 184 g/mol. The Balaban J connectivity index is 2.96. The van der Waals surface area contributed by atoms with Gasteiger partial charge in [0.15, 0.2) is 0 Å². The number of benzene rings is 1. The standard InChI is InChI=1S/C14H16O/c1-5-11-15-14(4,6-2)13-9-7-12(3)8-10-13/h1,6-10H,2,11H2,3-4H3. The summed E-state index contributed by atoms with van der Waals surface area (Å²) < 4.78 is 5.60. The lowest BCUT2D eigenvalue weighted by Gasteiger charge is -2.25. The summed E-state index contributed by atoms with van der Waals surface area (Å²) in [4.78, 5) is 0. The summed E-state index contributed by atoms with van der Waals surface area (Å²) in [6.07, 6.45) is 6.96. The van der Waals surface area contributed by atoms with Crippen LogP contribution in [-0.4, -0.2) is 6.61 Å². The molecule has 0 aliphatic rings. The molecular formula is C14H16O. The average molecular weight is 200 g/mol. The fourth-order valence-corrected chi connectivity index (χ4v) is 1.34. The maximum Gasteiger partial charge on any atom is 0.109 e. The normalized spacial score (nSPS) is 13.9. The molecule has 1 atom stereocenters. The number of hydrogen-bond donors (Lipinski definition) is 0. The predicted molar refractivity (Wildman–Crippen MR) is 63.5 cm³/mol. The third kappa shape index (κ3) is 2.71. The van der Waals surface area contributed by atoms with Crippen molar-refractivity contribution in [1.29, 1.82) is 0 Å². The van der Waals surface area contributed by atoms with Crippen LogP contribution in [0.25, 0.3) is 0 Å². The van der Waals surface area contributed by atoms with Gasteiger partial charge in [-0.3, -0.25) is 0 Å². The van der Waals surface area contributed by atoms with Crippen LogP contribution in [0.1, 0.15) is 18.1 Å². The molecule has 0 heterocycles. The Hall–Kier alpha value is -1.52. The van der Waals surface area contributed by atoms with Crippen LogP contribution >= 0.6 is 0 Å². The van der Waals surface area contributed by atoms with Gasteiger partial charge in [0.2, 0.25) is 0 Å². The summed E-state index contributed by atoms with van der Waals surface area (Å²) in [7, 11) is 0. The molecule has 1 heteroatoms. The molecule has 0 radical (unpaired) electrons. The van der Waals surface area contributed by atoms with Gasteiger partial charge in [0, 0.05) is 0 Å². The molecule has 15 heavy (non-hydrogen) atoms. The van der Waals surface area contributed by atoms with Crippen molar-refractivity contribution < 1.29 is 4.74 Å². The molecule has 0 aliphatic carbocycles. The maximum atomic E-state index is 5.60. The molecule has 0 saturated carbocycles. The largest absolute Gasteiger partial charge is 0.354 e. The van der Waals surface area contributed by atoms with Crippen LogP contribution in [0.15, 0.2) is 36.9 Å².